The van der Waals surface area contributed by atoms with Gasteiger partial charge in [0.15, 0.2) is 0 Å². The molecule has 2 rings (SSSR count). The minimum atomic E-state index is -0.623. The fourth-order valence-electron chi connectivity index (χ4n) is 2.77. The maximum Gasteiger partial charge on any atom is 0.242 e. The van der Waals surface area contributed by atoms with Crippen molar-refractivity contribution in [3.63, 3.8) is 0 Å². The summed E-state index contributed by atoms with van der Waals surface area (Å²) in [5.41, 5.74) is 1.60. The van der Waals surface area contributed by atoms with Gasteiger partial charge in [0.2, 0.25) is 11.8 Å². The van der Waals surface area contributed by atoms with Crippen molar-refractivity contribution in [2.75, 3.05) is 6.54 Å². The molecule has 150 valence electrons. The second-order valence-corrected chi connectivity index (χ2v) is 8.08. The van der Waals surface area contributed by atoms with Crippen molar-refractivity contribution < 1.29 is 9.59 Å². The molecule has 0 spiro atoms. The van der Waals surface area contributed by atoms with Gasteiger partial charge in [-0.2, -0.15) is 0 Å². The van der Waals surface area contributed by atoms with Crippen molar-refractivity contribution in [2.24, 2.45) is 5.92 Å². The zero-order chi connectivity index (χ0) is 20.7. The van der Waals surface area contributed by atoms with Gasteiger partial charge in [-0.25, -0.2) is 0 Å². The van der Waals surface area contributed by atoms with Crippen molar-refractivity contribution in [3.8, 4) is 0 Å². The summed E-state index contributed by atoms with van der Waals surface area (Å²) in [6, 6.07) is 13.9. The average Bonchev–Trinajstić information content (AvgIpc) is 2.64. The molecule has 0 aliphatic carbocycles. The van der Waals surface area contributed by atoms with E-state index in [1.54, 1.807) is 30.0 Å². The maximum absolute atomic E-state index is 13.1. The van der Waals surface area contributed by atoms with Gasteiger partial charge < -0.3 is 10.2 Å². The molecule has 0 radical (unpaired) electrons. The molecule has 0 bridgehead atoms. The van der Waals surface area contributed by atoms with Gasteiger partial charge in [0, 0.05) is 23.1 Å². The summed E-state index contributed by atoms with van der Waals surface area (Å²) in [7, 11) is 0. The van der Waals surface area contributed by atoms with E-state index in [9.17, 15) is 9.59 Å². The highest BCUT2D eigenvalue weighted by Crippen LogP contribution is 2.20. The number of rotatable bonds is 8. The lowest BCUT2D eigenvalue weighted by Crippen LogP contribution is -2.48. The summed E-state index contributed by atoms with van der Waals surface area (Å²) in [5, 5.41) is 4.05. The van der Waals surface area contributed by atoms with Gasteiger partial charge in [-0.05, 0) is 42.2 Å². The molecule has 0 fully saturated rings. The molecule has 1 N–H and O–H groups in total. The fourth-order valence-corrected chi connectivity index (χ4v) is 3.18. The number of nitrogens with zero attached hydrogens (tertiary/aromatic N) is 1. The highest BCUT2D eigenvalue weighted by Gasteiger charge is 2.26. The topological polar surface area (TPSA) is 49.4 Å². The van der Waals surface area contributed by atoms with E-state index >= 15 is 0 Å². The molecule has 1 unspecified atom stereocenters. The first-order valence-electron chi connectivity index (χ1n) is 9.33. The molecule has 2 amide bonds. The van der Waals surface area contributed by atoms with E-state index < -0.39 is 6.04 Å². The van der Waals surface area contributed by atoms with Crippen molar-refractivity contribution in [1.82, 2.24) is 10.2 Å². The second kappa shape index (κ2) is 10.5. The van der Waals surface area contributed by atoms with Crippen LogP contribution < -0.4 is 5.32 Å². The number of hydrogen-bond acceptors (Lipinski definition) is 2. The third kappa shape index (κ3) is 6.54. The predicted molar refractivity (Wildman–Crippen MR) is 114 cm³/mol. The van der Waals surface area contributed by atoms with Crippen LogP contribution in [0, 0.1) is 5.92 Å². The monoisotopic (exact) mass is 420 g/mol. The fraction of sp³-hybridized carbons (Fsp3) is 0.364. The van der Waals surface area contributed by atoms with Gasteiger partial charge in [0.1, 0.15) is 6.04 Å². The van der Waals surface area contributed by atoms with Gasteiger partial charge in [-0.15, -0.1) is 0 Å². The molecular formula is C22H26Cl2N2O2. The van der Waals surface area contributed by atoms with Crippen LogP contribution in [0.5, 0.6) is 0 Å². The van der Waals surface area contributed by atoms with Gasteiger partial charge in [0.25, 0.3) is 0 Å². The number of carbonyl (C=O) groups excluding carboxylic acids is 2. The summed E-state index contributed by atoms with van der Waals surface area (Å²) < 4.78 is 0. The quantitative estimate of drug-likeness (QED) is 0.670. The SMILES string of the molecule is CC(C)CNC(=O)C(C)N(Cc1ccccc1Cl)C(=O)Cc1cccc(Cl)c1. The van der Waals surface area contributed by atoms with Crippen molar-refractivity contribution in [3.05, 3.63) is 69.7 Å². The Kier molecular flexibility index (Phi) is 8.34. The predicted octanol–water partition coefficient (Wildman–Crippen LogP) is 4.73. The molecule has 6 heteroatoms. The van der Waals surface area contributed by atoms with Gasteiger partial charge in [-0.3, -0.25) is 9.59 Å². The van der Waals surface area contributed by atoms with Crippen LogP contribution in [0.3, 0.4) is 0 Å². The lowest BCUT2D eigenvalue weighted by atomic mass is 10.1. The molecule has 0 aliphatic heterocycles. The van der Waals surface area contributed by atoms with Crippen LogP contribution >= 0.6 is 23.2 Å². The third-order valence-electron chi connectivity index (χ3n) is 4.39. The average molecular weight is 421 g/mol. The number of halogens is 2. The second-order valence-electron chi connectivity index (χ2n) is 7.23. The number of carbonyl (C=O) groups is 2. The Morgan fingerprint density at radius 3 is 2.39 bits per heavy atom. The van der Waals surface area contributed by atoms with Gasteiger partial charge in [0.05, 0.1) is 6.42 Å². The smallest absolute Gasteiger partial charge is 0.242 e. The van der Waals surface area contributed by atoms with Crippen molar-refractivity contribution in [1.29, 1.82) is 0 Å². The maximum atomic E-state index is 13.1. The molecule has 0 aromatic heterocycles. The highest BCUT2D eigenvalue weighted by molar-refractivity contribution is 6.31. The van der Waals surface area contributed by atoms with Crippen LogP contribution in [0.1, 0.15) is 31.9 Å². The van der Waals surface area contributed by atoms with Crippen LogP contribution in [0.4, 0.5) is 0 Å². The lowest BCUT2D eigenvalue weighted by molar-refractivity contribution is -0.140. The molecule has 0 aliphatic rings. The number of nitrogens with one attached hydrogen (secondary N) is 1. The third-order valence-corrected chi connectivity index (χ3v) is 5.00. The van der Waals surface area contributed by atoms with Crippen LogP contribution in [0.25, 0.3) is 0 Å². The first-order chi connectivity index (χ1) is 13.3. The Morgan fingerprint density at radius 1 is 1.04 bits per heavy atom. The summed E-state index contributed by atoms with van der Waals surface area (Å²) >= 11 is 12.3. The van der Waals surface area contributed by atoms with E-state index in [4.69, 9.17) is 23.2 Å². The highest BCUT2D eigenvalue weighted by atomic mass is 35.5. The minimum Gasteiger partial charge on any atom is -0.354 e. The van der Waals surface area contributed by atoms with E-state index in [1.165, 1.54) is 0 Å². The zero-order valence-corrected chi connectivity index (χ0v) is 17.9. The first-order valence-corrected chi connectivity index (χ1v) is 10.1. The molecule has 0 heterocycles. The van der Waals surface area contributed by atoms with Crippen LogP contribution in [0.15, 0.2) is 48.5 Å². The van der Waals surface area contributed by atoms with E-state index in [-0.39, 0.29) is 24.8 Å². The lowest BCUT2D eigenvalue weighted by Gasteiger charge is -2.29. The number of amides is 2. The largest absolute Gasteiger partial charge is 0.354 e. The number of hydrogen-bond donors (Lipinski definition) is 1. The summed E-state index contributed by atoms with van der Waals surface area (Å²) in [4.78, 5) is 27.3. The van der Waals surface area contributed by atoms with Crippen molar-refractivity contribution >= 4 is 35.0 Å². The molecule has 0 saturated carbocycles. The Morgan fingerprint density at radius 2 is 1.75 bits per heavy atom. The molecule has 4 nitrogen and oxygen atoms in total. The summed E-state index contributed by atoms with van der Waals surface area (Å²) in [6.45, 7) is 6.61. The zero-order valence-electron chi connectivity index (χ0n) is 16.4. The van der Waals surface area contributed by atoms with Gasteiger partial charge in [-0.1, -0.05) is 67.4 Å². The van der Waals surface area contributed by atoms with Gasteiger partial charge >= 0.3 is 0 Å². The van der Waals surface area contributed by atoms with Crippen LogP contribution in [-0.2, 0) is 22.6 Å². The Labute approximate surface area is 176 Å². The molecule has 2 aromatic rings. The standard InChI is InChI=1S/C22H26Cl2N2O2/c1-15(2)13-25-22(28)16(3)26(14-18-8-4-5-10-20(18)24)21(27)12-17-7-6-9-19(23)11-17/h4-11,15-16H,12-14H2,1-3H3,(H,25,28). The van der Waals surface area contributed by atoms with Crippen LogP contribution in [-0.4, -0.2) is 29.3 Å². The van der Waals surface area contributed by atoms with E-state index in [2.05, 4.69) is 5.32 Å². The van der Waals surface area contributed by atoms with Crippen molar-refractivity contribution in [2.45, 2.75) is 39.8 Å². The molecule has 2 aromatic carbocycles. The molecular weight excluding hydrogens is 395 g/mol. The summed E-state index contributed by atoms with van der Waals surface area (Å²) in [5.74, 6) is -0.00934. The normalized spacial score (nSPS) is 11.9. The van der Waals surface area contributed by atoms with E-state index in [0.717, 1.165) is 11.1 Å². The van der Waals surface area contributed by atoms with Crippen LogP contribution in [0.2, 0.25) is 10.0 Å². The minimum absolute atomic E-state index is 0.158. The molecule has 1 atom stereocenters. The Balaban J connectivity index is 2.22. The first kappa shape index (κ1) is 22.3. The van der Waals surface area contributed by atoms with E-state index in [1.807, 2.05) is 44.2 Å². The van der Waals surface area contributed by atoms with E-state index in [0.29, 0.717) is 22.5 Å². The molecule has 28 heavy (non-hydrogen) atoms. The Bertz CT molecular complexity index is 824. The number of benzene rings is 2. The summed E-state index contributed by atoms with van der Waals surface area (Å²) in [6.07, 6.45) is 0.160. The molecule has 0 saturated heterocycles. The Hall–Kier alpha value is -2.04.